The number of methoxy groups -OCH3 is 1. The molecule has 2 unspecified atom stereocenters. The number of rotatable bonds is 46. The molecule has 20 heteroatoms. The van der Waals surface area contributed by atoms with Crippen LogP contribution < -0.4 is 23.8 Å². The van der Waals surface area contributed by atoms with Gasteiger partial charge in [-0.05, 0) is 42.7 Å². The number of phosphoric ester groups is 1. The highest BCUT2D eigenvalue weighted by Gasteiger charge is 2.41. The van der Waals surface area contributed by atoms with E-state index in [1.165, 1.54) is 173 Å². The quantitative estimate of drug-likeness (QED) is 0.0152. The number of benzene rings is 3. The summed E-state index contributed by atoms with van der Waals surface area (Å²) in [6, 6.07) is 11.5. The number of hydrogen-bond donors (Lipinski definition) is 5. The fraction of sp³-hybridized carbons (Fsp3) is 0.696. The lowest BCUT2D eigenvalue weighted by atomic mass is 9.92. The first kappa shape index (κ1) is 76.3. The van der Waals surface area contributed by atoms with E-state index in [9.17, 15) is 49.4 Å². The number of ketones is 1. The third-order valence-electron chi connectivity index (χ3n) is 16.1. The van der Waals surface area contributed by atoms with Gasteiger partial charge in [-0.1, -0.05) is 206 Å². The Morgan fingerprint density at radius 3 is 1.57 bits per heavy atom. The second kappa shape index (κ2) is 42.8. The third kappa shape index (κ3) is 30.2. The van der Waals surface area contributed by atoms with Gasteiger partial charge in [0.2, 0.25) is 5.78 Å². The molecule has 19 nitrogen and oxygen atoms in total. The number of likely N-dealkylation sites (N-methyl/N-ethyl adjacent to an activating group) is 1. The zero-order chi connectivity index (χ0) is 64.9. The number of phenolic OH excluding ortho intramolecular Hbond substituents is 3. The molecular formula is C69H110NO18P. The molecule has 0 spiro atoms. The number of aromatic hydroxyl groups is 3. The number of quaternary nitrogens is 1. The van der Waals surface area contributed by atoms with E-state index in [4.69, 9.17) is 37.5 Å². The second-order valence-corrected chi connectivity index (χ2v) is 26.4. The third-order valence-corrected chi connectivity index (χ3v) is 17.1. The number of phenols is 3. The normalized spacial score (nSPS) is 17.2. The minimum atomic E-state index is -4.62. The summed E-state index contributed by atoms with van der Waals surface area (Å²) >= 11 is 0. The molecule has 3 aromatic carbocycles. The Balaban J connectivity index is 0.000000412. The van der Waals surface area contributed by atoms with Crippen LogP contribution in [0.15, 0.2) is 48.5 Å². The average molecular weight is 1270 g/mol. The van der Waals surface area contributed by atoms with Crippen LogP contribution >= 0.6 is 7.82 Å². The van der Waals surface area contributed by atoms with Crippen LogP contribution in [0.1, 0.15) is 253 Å². The minimum absolute atomic E-state index is 0.0256. The molecule has 2 aliphatic rings. The summed E-state index contributed by atoms with van der Waals surface area (Å²) in [7, 11) is 2.60. The number of carbonyl (C=O) groups is 3. The van der Waals surface area contributed by atoms with Gasteiger partial charge in [-0.15, -0.1) is 0 Å². The van der Waals surface area contributed by atoms with E-state index in [-0.39, 0.29) is 72.9 Å². The number of fused-ring (bicyclic) bond motifs is 2. The number of unbranched alkanes of at least 4 members (excludes halogenated alkanes) is 28. The lowest BCUT2D eigenvalue weighted by Gasteiger charge is -2.35. The van der Waals surface area contributed by atoms with Crippen molar-refractivity contribution in [1.29, 1.82) is 0 Å². The molecule has 0 aromatic heterocycles. The SMILES string of the molecule is CCCCCCCCCCCCCCCCCC(=O)OCC(COP(=O)([O-])OCC[N+](C)(C)C)OC(=O)CCCCCCCCCCCCCCCCC.COc1cc([C@H]2Oc3cc([C@H]4Oc5cc(O)cc(O)c5C(=O)[C@@H]4O)ccc3O[C@@H]2CO)ccc1O. The Hall–Kier alpha value is -5.14. The van der Waals surface area contributed by atoms with Crippen LogP contribution in [0.4, 0.5) is 0 Å². The van der Waals surface area contributed by atoms with Gasteiger partial charge >= 0.3 is 11.9 Å². The van der Waals surface area contributed by atoms with Crippen LogP contribution in [0.2, 0.25) is 0 Å². The van der Waals surface area contributed by atoms with Crippen LogP contribution in [-0.4, -0.2) is 127 Å². The minimum Gasteiger partial charge on any atom is -0.756 e. The lowest BCUT2D eigenvalue weighted by Crippen LogP contribution is -2.37. The number of phosphoric acid groups is 1. The van der Waals surface area contributed by atoms with Gasteiger partial charge in [0.1, 0.15) is 42.6 Å². The molecule has 0 saturated carbocycles. The van der Waals surface area contributed by atoms with Crippen LogP contribution in [0, 0.1) is 0 Å². The Morgan fingerprint density at radius 1 is 0.584 bits per heavy atom. The maximum absolute atomic E-state index is 12.7. The van der Waals surface area contributed by atoms with Gasteiger partial charge in [0, 0.05) is 30.5 Å². The number of esters is 2. The van der Waals surface area contributed by atoms with Gasteiger partial charge in [-0.2, -0.15) is 0 Å². The molecule has 0 radical (unpaired) electrons. The van der Waals surface area contributed by atoms with Crippen LogP contribution in [-0.2, 0) is 32.7 Å². The van der Waals surface area contributed by atoms with Crippen LogP contribution in [0.25, 0.3) is 0 Å². The molecule has 5 N–H and O–H groups in total. The molecule has 504 valence electrons. The first-order valence-electron chi connectivity index (χ1n) is 33.4. The molecule has 0 amide bonds. The lowest BCUT2D eigenvalue weighted by molar-refractivity contribution is -0.870. The first-order valence-corrected chi connectivity index (χ1v) is 34.9. The maximum Gasteiger partial charge on any atom is 0.306 e. The van der Waals surface area contributed by atoms with Crippen molar-refractivity contribution in [3.05, 3.63) is 65.2 Å². The number of aliphatic hydroxyl groups excluding tert-OH is 2. The Kier molecular flexibility index (Phi) is 36.7. The van der Waals surface area contributed by atoms with Crippen LogP contribution in [0.3, 0.4) is 0 Å². The monoisotopic (exact) mass is 1270 g/mol. The molecule has 6 atom stereocenters. The maximum atomic E-state index is 12.7. The Morgan fingerprint density at radius 2 is 1.07 bits per heavy atom. The molecule has 2 aliphatic heterocycles. The zero-order valence-electron chi connectivity index (χ0n) is 54.6. The van der Waals surface area contributed by atoms with E-state index < -0.39 is 62.5 Å². The molecular weight excluding hydrogens is 1160 g/mol. The highest BCUT2D eigenvalue weighted by molar-refractivity contribution is 7.45. The van der Waals surface area contributed by atoms with E-state index in [0.717, 1.165) is 38.2 Å². The molecule has 3 aromatic rings. The molecule has 5 rings (SSSR count). The second-order valence-electron chi connectivity index (χ2n) is 25.0. The largest absolute Gasteiger partial charge is 0.756 e. The number of nitrogens with zero attached hydrogens (tertiary/aromatic N) is 1. The van der Waals surface area contributed by atoms with Gasteiger partial charge in [-0.3, -0.25) is 18.9 Å². The predicted octanol–water partition coefficient (Wildman–Crippen LogP) is 14.5. The summed E-state index contributed by atoms with van der Waals surface area (Å²) in [5, 5.41) is 50.2. The van der Waals surface area contributed by atoms with Gasteiger partial charge in [0.25, 0.3) is 7.82 Å². The number of ether oxygens (including phenoxy) is 6. The summed E-state index contributed by atoms with van der Waals surface area (Å²) in [6.07, 6.45) is 32.6. The van der Waals surface area contributed by atoms with Crippen molar-refractivity contribution >= 4 is 25.5 Å². The number of carbonyl (C=O) groups excluding carboxylic acids is 3. The molecule has 0 bridgehead atoms. The van der Waals surface area contributed by atoms with Crippen molar-refractivity contribution in [2.45, 2.75) is 250 Å². The van der Waals surface area contributed by atoms with Crippen molar-refractivity contribution in [3.8, 4) is 40.2 Å². The summed E-state index contributed by atoms with van der Waals surface area (Å²) in [5.41, 5.74) is 0.751. The van der Waals surface area contributed by atoms with E-state index in [0.29, 0.717) is 34.3 Å². The number of hydrogen-bond acceptors (Lipinski definition) is 18. The molecule has 89 heavy (non-hydrogen) atoms. The summed E-state index contributed by atoms with van der Waals surface area (Å²) < 4.78 is 56.9. The van der Waals surface area contributed by atoms with Crippen molar-refractivity contribution < 1.29 is 91.3 Å². The smallest absolute Gasteiger partial charge is 0.306 e. The Bertz CT molecular complexity index is 2540. The highest BCUT2D eigenvalue weighted by Crippen LogP contribution is 2.46. The van der Waals surface area contributed by atoms with Crippen molar-refractivity contribution in [3.63, 3.8) is 0 Å². The van der Waals surface area contributed by atoms with E-state index in [1.807, 2.05) is 21.1 Å². The topological polar surface area (TPSA) is 266 Å². The van der Waals surface area contributed by atoms with Crippen molar-refractivity contribution in [1.82, 2.24) is 0 Å². The van der Waals surface area contributed by atoms with E-state index in [1.54, 1.807) is 30.3 Å². The van der Waals surface area contributed by atoms with Crippen molar-refractivity contribution in [2.75, 3.05) is 61.2 Å². The number of Topliss-reactive ketones (excluding diaryl/α,β-unsaturated/α-hetero) is 1. The van der Waals surface area contributed by atoms with Gasteiger partial charge in [-0.25, -0.2) is 0 Å². The van der Waals surface area contributed by atoms with Crippen molar-refractivity contribution in [2.24, 2.45) is 0 Å². The first-order chi connectivity index (χ1) is 42.8. The van der Waals surface area contributed by atoms with Gasteiger partial charge < -0.3 is 72.4 Å². The average Bonchev–Trinajstić information content (AvgIpc) is 0.875. The highest BCUT2D eigenvalue weighted by atomic mass is 31.2. The number of aliphatic hydroxyl groups is 2. The molecule has 0 fully saturated rings. The van der Waals surface area contributed by atoms with E-state index >= 15 is 0 Å². The molecule has 0 saturated heterocycles. The fourth-order valence-electron chi connectivity index (χ4n) is 10.8. The summed E-state index contributed by atoms with van der Waals surface area (Å²) in [5.74, 6) is -1.64. The summed E-state index contributed by atoms with van der Waals surface area (Å²) in [4.78, 5) is 50.3. The standard InChI is InChI=1S/C44H88NO8P.C25H22O10/c1-6-8-10-12-14-16-18-20-22-24-26-28-30-32-34-36-43(46)50-40-42(41-52-54(48,49)51-39-38-45(3,4)5)53-44(47)37-35-33-31-29-27-25-23-21-19-17-15-13-11-9-7-2;1-32-17-6-11(2-4-14(17)28)24-20(10-26)33-16-5-3-12(7-18(16)34-24)25-23(31)22(30)21-15(29)8-13(27)9-19(21)35-25/h42H,6-41H2,1-5H3;2-9,20,23-29,31H,10H2,1H3/t;20-,23+,24-,25-/m.1/s1. The van der Waals surface area contributed by atoms with E-state index in [2.05, 4.69) is 13.8 Å². The predicted molar refractivity (Wildman–Crippen MR) is 342 cm³/mol. The Labute approximate surface area is 531 Å². The zero-order valence-corrected chi connectivity index (χ0v) is 55.5. The molecule has 0 aliphatic carbocycles. The molecule has 2 heterocycles. The summed E-state index contributed by atoms with van der Waals surface area (Å²) in [6.45, 7) is 3.92. The van der Waals surface area contributed by atoms with Crippen LogP contribution in [0.5, 0.6) is 40.2 Å². The fourth-order valence-corrected chi connectivity index (χ4v) is 11.5. The van der Waals surface area contributed by atoms with Gasteiger partial charge in [0.05, 0.1) is 41.5 Å². The van der Waals surface area contributed by atoms with Gasteiger partial charge in [0.15, 0.2) is 53.5 Å².